The highest BCUT2D eigenvalue weighted by Crippen LogP contribution is 2.37. The molecule has 100 valence electrons. The Morgan fingerprint density at radius 3 is 2.37 bits per heavy atom. The van der Waals surface area contributed by atoms with Gasteiger partial charge in [-0.25, -0.2) is 4.39 Å². The van der Waals surface area contributed by atoms with Gasteiger partial charge in [-0.1, -0.05) is 24.3 Å². The Labute approximate surface area is 112 Å². The molecule has 2 unspecified atom stereocenters. The first-order valence-electron chi connectivity index (χ1n) is 6.86. The largest absolute Gasteiger partial charge is 0.336 e. The molecule has 0 aromatic heterocycles. The van der Waals surface area contributed by atoms with Crippen LogP contribution in [0.2, 0.25) is 0 Å². The van der Waals surface area contributed by atoms with Gasteiger partial charge in [0.05, 0.1) is 6.42 Å². The molecule has 1 aromatic carbocycles. The predicted octanol–water partition coefficient (Wildman–Crippen LogP) is 3.08. The van der Waals surface area contributed by atoms with E-state index < -0.39 is 0 Å². The van der Waals surface area contributed by atoms with Crippen molar-refractivity contribution >= 4 is 5.91 Å². The van der Waals surface area contributed by atoms with Crippen LogP contribution < -0.4 is 0 Å². The van der Waals surface area contributed by atoms with E-state index in [1.807, 2.05) is 0 Å². The lowest BCUT2D eigenvalue weighted by atomic mass is 9.97. The molecular weight excluding hydrogens is 241 g/mol. The number of benzene rings is 1. The number of carbonyl (C=O) groups excluding carboxylic acids is 1. The Morgan fingerprint density at radius 2 is 1.79 bits per heavy atom. The fourth-order valence-electron chi connectivity index (χ4n) is 3.39. The molecule has 0 aliphatic carbocycles. The smallest absolute Gasteiger partial charge is 0.227 e. The average Bonchev–Trinajstić information content (AvgIpc) is 2.65. The summed E-state index contributed by atoms with van der Waals surface area (Å²) in [6.07, 6.45) is 4.47. The Balaban J connectivity index is 1.71. The van der Waals surface area contributed by atoms with E-state index in [9.17, 15) is 9.18 Å². The Hall–Kier alpha value is -1.64. The third kappa shape index (κ3) is 2.42. The maximum Gasteiger partial charge on any atom is 0.227 e. The molecule has 2 heterocycles. The topological polar surface area (TPSA) is 20.3 Å². The minimum Gasteiger partial charge on any atom is -0.336 e. The van der Waals surface area contributed by atoms with Crippen molar-refractivity contribution in [3.8, 4) is 0 Å². The first-order chi connectivity index (χ1) is 9.13. The molecular formula is C16H18FNO. The van der Waals surface area contributed by atoms with Gasteiger partial charge in [0.15, 0.2) is 0 Å². The third-order valence-electron chi connectivity index (χ3n) is 4.23. The van der Waals surface area contributed by atoms with E-state index >= 15 is 0 Å². The minimum absolute atomic E-state index is 0.173. The average molecular weight is 259 g/mol. The predicted molar refractivity (Wildman–Crippen MR) is 72.1 cm³/mol. The van der Waals surface area contributed by atoms with Crippen molar-refractivity contribution in [3.63, 3.8) is 0 Å². The highest BCUT2D eigenvalue weighted by atomic mass is 19.1. The molecule has 3 rings (SSSR count). The zero-order valence-electron chi connectivity index (χ0n) is 10.9. The summed E-state index contributed by atoms with van der Waals surface area (Å²) in [6, 6.07) is 6.90. The normalized spacial score (nSPS) is 25.7. The zero-order valence-corrected chi connectivity index (χ0v) is 10.9. The molecule has 2 fully saturated rings. The van der Waals surface area contributed by atoms with Gasteiger partial charge in [-0.3, -0.25) is 4.79 Å². The molecule has 19 heavy (non-hydrogen) atoms. The molecule has 0 radical (unpaired) electrons. The first kappa shape index (κ1) is 12.4. The Morgan fingerprint density at radius 1 is 1.21 bits per heavy atom. The van der Waals surface area contributed by atoms with Crippen LogP contribution in [0.4, 0.5) is 4.39 Å². The van der Waals surface area contributed by atoms with Gasteiger partial charge in [-0.15, -0.1) is 0 Å². The maximum atomic E-state index is 12.9. The molecule has 0 N–H and O–H groups in total. The van der Waals surface area contributed by atoms with Crippen LogP contribution in [0.25, 0.3) is 0 Å². The molecule has 2 saturated heterocycles. The lowest BCUT2D eigenvalue weighted by Crippen LogP contribution is -2.45. The van der Waals surface area contributed by atoms with Crippen LogP contribution in [0.15, 0.2) is 36.4 Å². The van der Waals surface area contributed by atoms with Gasteiger partial charge in [0.1, 0.15) is 5.82 Å². The summed E-state index contributed by atoms with van der Waals surface area (Å²) in [5.41, 5.74) is 2.16. The monoisotopic (exact) mass is 259 g/mol. The number of rotatable bonds is 2. The molecule has 2 aliphatic rings. The summed E-state index contributed by atoms with van der Waals surface area (Å²) in [4.78, 5) is 14.5. The third-order valence-corrected chi connectivity index (χ3v) is 4.23. The lowest BCUT2D eigenvalue weighted by Gasteiger charge is -2.36. The van der Waals surface area contributed by atoms with Crippen LogP contribution in [0, 0.1) is 5.82 Å². The molecule has 2 aliphatic heterocycles. The second-order valence-electron chi connectivity index (χ2n) is 5.65. The van der Waals surface area contributed by atoms with Crippen molar-refractivity contribution in [2.24, 2.45) is 0 Å². The van der Waals surface area contributed by atoms with E-state index in [-0.39, 0.29) is 11.7 Å². The summed E-state index contributed by atoms with van der Waals surface area (Å²) >= 11 is 0. The van der Waals surface area contributed by atoms with Gasteiger partial charge in [-0.2, -0.15) is 0 Å². The standard InChI is InChI=1S/C16H18FNO/c1-11-8-14-6-7-15(9-11)18(14)16(19)10-12-2-4-13(17)5-3-12/h2-5,14-15H,1,6-10H2. The highest BCUT2D eigenvalue weighted by Gasteiger charge is 2.40. The molecule has 2 nitrogen and oxygen atoms in total. The Bertz CT molecular complexity index is 492. The lowest BCUT2D eigenvalue weighted by molar-refractivity contribution is -0.134. The zero-order chi connectivity index (χ0) is 13.4. The number of piperidine rings is 1. The molecule has 0 saturated carbocycles. The molecule has 1 amide bonds. The van der Waals surface area contributed by atoms with Crippen molar-refractivity contribution in [2.75, 3.05) is 0 Å². The number of nitrogens with zero attached hydrogens (tertiary/aromatic N) is 1. The number of hydrogen-bond donors (Lipinski definition) is 0. The highest BCUT2D eigenvalue weighted by molar-refractivity contribution is 5.80. The summed E-state index contributed by atoms with van der Waals surface area (Å²) in [5.74, 6) is -0.0860. The first-order valence-corrected chi connectivity index (χ1v) is 6.86. The van der Waals surface area contributed by atoms with Crippen LogP contribution in [0.1, 0.15) is 31.2 Å². The van der Waals surface area contributed by atoms with E-state index in [0.717, 1.165) is 31.2 Å². The van der Waals surface area contributed by atoms with Gasteiger partial charge in [0.25, 0.3) is 0 Å². The van der Waals surface area contributed by atoms with Gasteiger partial charge in [0, 0.05) is 12.1 Å². The number of carbonyl (C=O) groups is 1. The van der Waals surface area contributed by atoms with Gasteiger partial charge >= 0.3 is 0 Å². The van der Waals surface area contributed by atoms with E-state index in [2.05, 4.69) is 11.5 Å². The van der Waals surface area contributed by atoms with Gasteiger partial charge in [-0.05, 0) is 43.4 Å². The summed E-state index contributed by atoms with van der Waals surface area (Å²) in [7, 11) is 0. The van der Waals surface area contributed by atoms with E-state index in [1.165, 1.54) is 17.7 Å². The quantitative estimate of drug-likeness (QED) is 0.747. The van der Waals surface area contributed by atoms with Crippen molar-refractivity contribution in [2.45, 2.75) is 44.2 Å². The second-order valence-corrected chi connectivity index (χ2v) is 5.65. The molecule has 2 bridgehead atoms. The van der Waals surface area contributed by atoms with Crippen LogP contribution in [-0.2, 0) is 11.2 Å². The van der Waals surface area contributed by atoms with Crippen LogP contribution in [0.3, 0.4) is 0 Å². The molecule has 0 spiro atoms. The van der Waals surface area contributed by atoms with Crippen LogP contribution in [-0.4, -0.2) is 22.9 Å². The van der Waals surface area contributed by atoms with E-state index in [0.29, 0.717) is 18.5 Å². The van der Waals surface area contributed by atoms with Crippen molar-refractivity contribution in [3.05, 3.63) is 47.8 Å². The number of amides is 1. The summed E-state index contributed by atoms with van der Waals surface area (Å²) < 4.78 is 12.9. The summed E-state index contributed by atoms with van der Waals surface area (Å²) in [6.45, 7) is 4.06. The molecule has 1 aromatic rings. The SMILES string of the molecule is C=C1CC2CCC(C1)N2C(=O)Cc1ccc(F)cc1. The molecule has 3 heteroatoms. The van der Waals surface area contributed by atoms with Crippen LogP contribution in [0.5, 0.6) is 0 Å². The number of halogens is 1. The van der Waals surface area contributed by atoms with E-state index in [4.69, 9.17) is 0 Å². The maximum absolute atomic E-state index is 12.9. The summed E-state index contributed by atoms with van der Waals surface area (Å²) in [5, 5.41) is 0. The van der Waals surface area contributed by atoms with Gasteiger partial charge < -0.3 is 4.90 Å². The number of fused-ring (bicyclic) bond motifs is 2. The van der Waals surface area contributed by atoms with E-state index in [1.54, 1.807) is 12.1 Å². The van der Waals surface area contributed by atoms with Gasteiger partial charge in [0.2, 0.25) is 5.91 Å². The Kier molecular flexibility index (Phi) is 3.13. The fraction of sp³-hybridized carbons (Fsp3) is 0.438. The van der Waals surface area contributed by atoms with Crippen molar-refractivity contribution in [1.82, 2.24) is 4.90 Å². The molecule has 2 atom stereocenters. The fourth-order valence-corrected chi connectivity index (χ4v) is 3.39. The van der Waals surface area contributed by atoms with Crippen molar-refractivity contribution in [1.29, 1.82) is 0 Å². The second kappa shape index (κ2) is 4.80. The van der Waals surface area contributed by atoms with Crippen LogP contribution >= 0.6 is 0 Å². The van der Waals surface area contributed by atoms with Crippen molar-refractivity contribution < 1.29 is 9.18 Å². The minimum atomic E-state index is -0.259. The number of hydrogen-bond acceptors (Lipinski definition) is 1.